The van der Waals surface area contributed by atoms with Crippen molar-refractivity contribution in [3.63, 3.8) is 0 Å². The summed E-state index contributed by atoms with van der Waals surface area (Å²) < 4.78 is 0. The van der Waals surface area contributed by atoms with E-state index in [4.69, 9.17) is 0 Å². The predicted octanol–water partition coefficient (Wildman–Crippen LogP) is 4.21. The van der Waals surface area contributed by atoms with Gasteiger partial charge in [0.25, 0.3) is 0 Å². The van der Waals surface area contributed by atoms with Crippen molar-refractivity contribution in [2.45, 2.75) is 25.2 Å². The number of hydrogen-bond acceptors (Lipinski definition) is 1. The summed E-state index contributed by atoms with van der Waals surface area (Å²) >= 11 is 0. The molecule has 1 atom stereocenters. The molecule has 1 heteroatoms. The molecule has 1 N–H and O–H groups in total. The van der Waals surface area contributed by atoms with Crippen LogP contribution in [0.4, 0.5) is 0 Å². The van der Waals surface area contributed by atoms with Crippen molar-refractivity contribution in [1.29, 1.82) is 0 Å². The van der Waals surface area contributed by atoms with Crippen molar-refractivity contribution in [2.75, 3.05) is 13.1 Å². The molecule has 2 aromatic carbocycles. The zero-order valence-electron chi connectivity index (χ0n) is 11.8. The second kappa shape index (κ2) is 4.75. The first-order valence-electron chi connectivity index (χ1n) is 7.71. The predicted molar refractivity (Wildman–Crippen MR) is 83.8 cm³/mol. The Morgan fingerprint density at radius 1 is 0.850 bits per heavy atom. The van der Waals surface area contributed by atoms with Crippen molar-refractivity contribution in [3.05, 3.63) is 60.2 Å². The van der Waals surface area contributed by atoms with E-state index in [1.54, 1.807) is 0 Å². The van der Waals surface area contributed by atoms with Crippen molar-refractivity contribution >= 4 is 0 Å². The first-order chi connectivity index (χ1) is 9.85. The van der Waals surface area contributed by atoms with Crippen LogP contribution in [0, 0.1) is 5.41 Å². The third-order valence-corrected chi connectivity index (χ3v) is 5.19. The number of nitrogens with one attached hydrogen (secondary N) is 1. The lowest BCUT2D eigenvalue weighted by Crippen LogP contribution is -2.51. The topological polar surface area (TPSA) is 12.0 Å². The van der Waals surface area contributed by atoms with Gasteiger partial charge in [-0.1, -0.05) is 54.6 Å². The summed E-state index contributed by atoms with van der Waals surface area (Å²) in [5, 5.41) is 3.45. The first kappa shape index (κ1) is 12.2. The Labute approximate surface area is 121 Å². The number of benzene rings is 2. The van der Waals surface area contributed by atoms with Gasteiger partial charge in [0.15, 0.2) is 0 Å². The summed E-state index contributed by atoms with van der Waals surface area (Å²) in [6, 6.07) is 19.9. The van der Waals surface area contributed by atoms with Gasteiger partial charge in [-0.05, 0) is 47.3 Å². The summed E-state index contributed by atoms with van der Waals surface area (Å²) in [4.78, 5) is 0. The van der Waals surface area contributed by atoms with Crippen molar-refractivity contribution in [2.24, 2.45) is 5.41 Å². The van der Waals surface area contributed by atoms with Crippen LogP contribution < -0.4 is 5.32 Å². The van der Waals surface area contributed by atoms with E-state index < -0.39 is 0 Å². The standard InChI is InChI=1S/C19H21N/c1-2-4-15(5-3-1)16-6-8-17(9-7-16)18-10-11-19(12-18)13-20-14-19/h1-9,18,20H,10-14H2. The highest BCUT2D eigenvalue weighted by Crippen LogP contribution is 2.48. The van der Waals surface area contributed by atoms with E-state index >= 15 is 0 Å². The lowest BCUT2D eigenvalue weighted by atomic mass is 9.79. The molecule has 0 aromatic heterocycles. The van der Waals surface area contributed by atoms with Crippen molar-refractivity contribution in [3.8, 4) is 11.1 Å². The van der Waals surface area contributed by atoms with Gasteiger partial charge in [0, 0.05) is 13.1 Å². The molecule has 2 aromatic rings. The molecule has 0 bridgehead atoms. The average Bonchev–Trinajstić information content (AvgIpc) is 2.94. The largest absolute Gasteiger partial charge is 0.316 e. The lowest BCUT2D eigenvalue weighted by molar-refractivity contribution is 0.175. The van der Waals surface area contributed by atoms with Gasteiger partial charge in [0.05, 0.1) is 0 Å². The normalized spacial score (nSPS) is 23.7. The third-order valence-electron chi connectivity index (χ3n) is 5.19. The Balaban J connectivity index is 1.53. The number of rotatable bonds is 2. The SMILES string of the molecule is c1ccc(-c2ccc(C3CCC4(CNC4)C3)cc2)cc1. The monoisotopic (exact) mass is 263 g/mol. The molecule has 0 radical (unpaired) electrons. The molecule has 1 nitrogen and oxygen atoms in total. The van der Waals surface area contributed by atoms with E-state index in [1.807, 2.05) is 0 Å². The molecule has 0 amide bonds. The molecule has 1 spiro atoms. The first-order valence-corrected chi connectivity index (χ1v) is 7.71. The van der Waals surface area contributed by atoms with Crippen molar-refractivity contribution in [1.82, 2.24) is 5.32 Å². The van der Waals surface area contributed by atoms with Gasteiger partial charge in [-0.25, -0.2) is 0 Å². The Hall–Kier alpha value is -1.60. The fourth-order valence-electron chi connectivity index (χ4n) is 3.87. The zero-order valence-corrected chi connectivity index (χ0v) is 11.8. The van der Waals surface area contributed by atoms with Crippen LogP contribution >= 0.6 is 0 Å². The van der Waals surface area contributed by atoms with Crippen LogP contribution in [-0.2, 0) is 0 Å². The zero-order chi connectivity index (χ0) is 13.4. The Morgan fingerprint density at radius 2 is 1.55 bits per heavy atom. The average molecular weight is 263 g/mol. The van der Waals surface area contributed by atoms with Crippen LogP contribution in [0.25, 0.3) is 11.1 Å². The minimum Gasteiger partial charge on any atom is -0.316 e. The molecule has 4 rings (SSSR count). The van der Waals surface area contributed by atoms with Gasteiger partial charge in [0.2, 0.25) is 0 Å². The molecule has 1 saturated carbocycles. The molecule has 2 aliphatic rings. The van der Waals surface area contributed by atoms with E-state index in [-0.39, 0.29) is 0 Å². The minimum absolute atomic E-state index is 0.642. The molecule has 102 valence electrons. The van der Waals surface area contributed by atoms with Crippen LogP contribution in [0.2, 0.25) is 0 Å². The summed E-state index contributed by atoms with van der Waals surface area (Å²) in [6.45, 7) is 2.48. The van der Waals surface area contributed by atoms with Crippen LogP contribution in [0.3, 0.4) is 0 Å². The van der Waals surface area contributed by atoms with E-state index in [2.05, 4.69) is 59.9 Å². The van der Waals surface area contributed by atoms with Crippen molar-refractivity contribution < 1.29 is 0 Å². The highest BCUT2D eigenvalue weighted by atomic mass is 15.0. The van der Waals surface area contributed by atoms with Gasteiger partial charge in [-0.15, -0.1) is 0 Å². The highest BCUT2D eigenvalue weighted by Gasteiger charge is 2.43. The highest BCUT2D eigenvalue weighted by molar-refractivity contribution is 5.63. The molecular formula is C19H21N. The van der Waals surface area contributed by atoms with E-state index in [9.17, 15) is 0 Å². The second-order valence-corrected chi connectivity index (χ2v) is 6.53. The molecule has 1 saturated heterocycles. The van der Waals surface area contributed by atoms with Gasteiger partial charge >= 0.3 is 0 Å². The smallest absolute Gasteiger partial charge is 0.00204 e. The molecule has 1 unspecified atom stereocenters. The van der Waals surface area contributed by atoms with Gasteiger partial charge in [-0.3, -0.25) is 0 Å². The maximum atomic E-state index is 3.45. The van der Waals surface area contributed by atoms with E-state index in [0.717, 1.165) is 5.92 Å². The maximum absolute atomic E-state index is 3.45. The fraction of sp³-hybridized carbons (Fsp3) is 0.368. The fourth-order valence-corrected chi connectivity index (χ4v) is 3.87. The summed E-state index contributed by atoms with van der Waals surface area (Å²) in [6.07, 6.45) is 4.15. The van der Waals surface area contributed by atoms with E-state index in [0.29, 0.717) is 5.41 Å². The Bertz CT molecular complexity index is 581. The van der Waals surface area contributed by atoms with E-state index in [1.165, 1.54) is 49.0 Å². The van der Waals surface area contributed by atoms with Gasteiger partial charge in [-0.2, -0.15) is 0 Å². The number of hydrogen-bond donors (Lipinski definition) is 1. The minimum atomic E-state index is 0.642. The van der Waals surface area contributed by atoms with Gasteiger partial charge < -0.3 is 5.32 Å². The van der Waals surface area contributed by atoms with Crippen LogP contribution in [-0.4, -0.2) is 13.1 Å². The third kappa shape index (κ3) is 2.06. The summed E-state index contributed by atoms with van der Waals surface area (Å²) in [5.74, 6) is 0.780. The second-order valence-electron chi connectivity index (χ2n) is 6.53. The summed E-state index contributed by atoms with van der Waals surface area (Å²) in [7, 11) is 0. The quantitative estimate of drug-likeness (QED) is 0.855. The molecular weight excluding hydrogens is 242 g/mol. The van der Waals surface area contributed by atoms with Gasteiger partial charge in [0.1, 0.15) is 0 Å². The Morgan fingerprint density at radius 3 is 2.15 bits per heavy atom. The van der Waals surface area contributed by atoms with Crippen LogP contribution in [0.1, 0.15) is 30.7 Å². The molecule has 1 aliphatic heterocycles. The molecule has 2 fully saturated rings. The lowest BCUT2D eigenvalue weighted by Gasteiger charge is -2.39. The van der Waals surface area contributed by atoms with Crippen LogP contribution in [0.5, 0.6) is 0 Å². The molecule has 1 aliphatic carbocycles. The Kier molecular flexibility index (Phi) is 2.89. The van der Waals surface area contributed by atoms with Crippen LogP contribution in [0.15, 0.2) is 54.6 Å². The maximum Gasteiger partial charge on any atom is 0.00204 e. The summed E-state index contributed by atoms with van der Waals surface area (Å²) in [5.41, 5.74) is 4.81. The molecule has 1 heterocycles. The molecule has 20 heavy (non-hydrogen) atoms.